The van der Waals surface area contributed by atoms with E-state index in [1.807, 2.05) is 30.3 Å². The van der Waals surface area contributed by atoms with Crippen LogP contribution in [0.5, 0.6) is 0 Å². The highest BCUT2D eigenvalue weighted by atomic mass is 16.5. The van der Waals surface area contributed by atoms with Gasteiger partial charge in [0.1, 0.15) is 0 Å². The molecular weight excluding hydrogens is 294 g/mol. The lowest BCUT2D eigenvalue weighted by atomic mass is 9.82. The number of carbonyl (C=O) groups is 2. The van der Waals surface area contributed by atoms with Crippen LogP contribution in [0.1, 0.15) is 38.2 Å². The van der Waals surface area contributed by atoms with E-state index in [2.05, 4.69) is 0 Å². The Morgan fingerprint density at radius 3 is 2.74 bits per heavy atom. The van der Waals surface area contributed by atoms with Crippen molar-refractivity contribution in [2.75, 3.05) is 19.7 Å². The number of piperidine rings is 1. The molecule has 23 heavy (non-hydrogen) atoms. The maximum Gasteiger partial charge on any atom is 0.311 e. The third-order valence-electron chi connectivity index (χ3n) is 4.36. The largest absolute Gasteiger partial charge is 0.481 e. The molecule has 5 heteroatoms. The molecule has 1 heterocycles. The van der Waals surface area contributed by atoms with Gasteiger partial charge in [0, 0.05) is 26.1 Å². The standard InChI is InChI=1S/C18H25NO4/c1-18(17(21)22)10-6-11-19(14-18)16(20)9-5-12-23-13-15-7-3-2-4-8-15/h2-4,7-8H,5-6,9-14H2,1H3,(H,21,22)/t18-/m0/s1. The van der Waals surface area contributed by atoms with Gasteiger partial charge in [-0.25, -0.2) is 0 Å². The van der Waals surface area contributed by atoms with Gasteiger partial charge in [0.15, 0.2) is 0 Å². The molecule has 2 rings (SSSR count). The molecule has 1 N–H and O–H groups in total. The highest BCUT2D eigenvalue weighted by molar-refractivity contribution is 5.79. The summed E-state index contributed by atoms with van der Waals surface area (Å²) in [7, 11) is 0. The van der Waals surface area contributed by atoms with E-state index in [9.17, 15) is 14.7 Å². The predicted octanol–water partition coefficient (Wildman–Crippen LogP) is 2.70. The average molecular weight is 319 g/mol. The number of ether oxygens (including phenoxy) is 1. The van der Waals surface area contributed by atoms with Crippen molar-refractivity contribution in [3.63, 3.8) is 0 Å². The van der Waals surface area contributed by atoms with Gasteiger partial charge in [-0.1, -0.05) is 30.3 Å². The highest BCUT2D eigenvalue weighted by Gasteiger charge is 2.39. The third kappa shape index (κ3) is 5.06. The number of carboxylic acid groups (broad SMARTS) is 1. The highest BCUT2D eigenvalue weighted by Crippen LogP contribution is 2.30. The van der Waals surface area contributed by atoms with Gasteiger partial charge in [0.25, 0.3) is 0 Å². The summed E-state index contributed by atoms with van der Waals surface area (Å²) in [4.78, 5) is 25.2. The molecule has 1 aromatic carbocycles. The predicted molar refractivity (Wildman–Crippen MR) is 86.9 cm³/mol. The van der Waals surface area contributed by atoms with Crippen LogP contribution in [0.25, 0.3) is 0 Å². The van der Waals surface area contributed by atoms with Crippen molar-refractivity contribution in [3.8, 4) is 0 Å². The summed E-state index contributed by atoms with van der Waals surface area (Å²) in [5, 5.41) is 9.29. The first-order valence-corrected chi connectivity index (χ1v) is 8.14. The molecule has 5 nitrogen and oxygen atoms in total. The van der Waals surface area contributed by atoms with Crippen molar-refractivity contribution in [2.24, 2.45) is 5.41 Å². The molecule has 0 unspecified atom stereocenters. The summed E-state index contributed by atoms with van der Waals surface area (Å²) in [6.45, 7) is 3.77. The van der Waals surface area contributed by atoms with Crippen LogP contribution in [0, 0.1) is 5.41 Å². The average Bonchev–Trinajstić information content (AvgIpc) is 2.55. The van der Waals surface area contributed by atoms with Gasteiger partial charge in [-0.05, 0) is 31.7 Å². The summed E-state index contributed by atoms with van der Waals surface area (Å²) >= 11 is 0. The molecular formula is C18H25NO4. The Morgan fingerprint density at radius 1 is 1.30 bits per heavy atom. The minimum Gasteiger partial charge on any atom is -0.481 e. The molecule has 1 aliphatic rings. The molecule has 126 valence electrons. The Hall–Kier alpha value is -1.88. The van der Waals surface area contributed by atoms with Crippen LogP contribution in [-0.2, 0) is 20.9 Å². The van der Waals surface area contributed by atoms with Crippen molar-refractivity contribution >= 4 is 11.9 Å². The molecule has 1 aromatic rings. The lowest BCUT2D eigenvalue weighted by molar-refractivity contribution is -0.153. The van der Waals surface area contributed by atoms with Crippen molar-refractivity contribution in [1.82, 2.24) is 4.90 Å². The maximum absolute atomic E-state index is 12.2. The number of nitrogens with zero attached hydrogens (tertiary/aromatic N) is 1. The quantitative estimate of drug-likeness (QED) is 0.785. The number of benzene rings is 1. The Morgan fingerprint density at radius 2 is 2.04 bits per heavy atom. The van der Waals surface area contributed by atoms with Gasteiger partial charge >= 0.3 is 5.97 Å². The number of carbonyl (C=O) groups excluding carboxylic acids is 1. The van der Waals surface area contributed by atoms with E-state index in [0.717, 1.165) is 12.0 Å². The SMILES string of the molecule is C[C@]1(C(=O)O)CCCN(C(=O)CCCOCc2ccccc2)C1. The van der Waals surface area contributed by atoms with Gasteiger partial charge in [-0.3, -0.25) is 9.59 Å². The molecule has 0 aromatic heterocycles. The van der Waals surface area contributed by atoms with E-state index in [0.29, 0.717) is 45.6 Å². The fourth-order valence-corrected chi connectivity index (χ4v) is 2.87. The van der Waals surface area contributed by atoms with E-state index in [1.165, 1.54) is 0 Å². The fourth-order valence-electron chi connectivity index (χ4n) is 2.87. The van der Waals surface area contributed by atoms with Crippen molar-refractivity contribution in [2.45, 2.75) is 39.2 Å². The van der Waals surface area contributed by atoms with Crippen molar-refractivity contribution in [3.05, 3.63) is 35.9 Å². The molecule has 0 bridgehead atoms. The number of amides is 1. The van der Waals surface area contributed by atoms with Gasteiger partial charge in [0.05, 0.1) is 12.0 Å². The minimum absolute atomic E-state index is 0.0282. The Labute approximate surface area is 137 Å². The number of rotatable bonds is 7. The number of carboxylic acids is 1. The smallest absolute Gasteiger partial charge is 0.311 e. The molecule has 1 aliphatic heterocycles. The zero-order valence-electron chi connectivity index (χ0n) is 13.7. The summed E-state index contributed by atoms with van der Waals surface area (Å²) in [5.74, 6) is -0.790. The summed E-state index contributed by atoms with van der Waals surface area (Å²) < 4.78 is 5.57. The summed E-state index contributed by atoms with van der Waals surface area (Å²) in [5.41, 5.74) is 0.310. The first-order chi connectivity index (χ1) is 11.0. The van der Waals surface area contributed by atoms with E-state index < -0.39 is 11.4 Å². The number of likely N-dealkylation sites (tertiary alicyclic amines) is 1. The van der Waals surface area contributed by atoms with E-state index in [-0.39, 0.29) is 5.91 Å². The zero-order valence-corrected chi connectivity index (χ0v) is 13.7. The second-order valence-corrected chi connectivity index (χ2v) is 6.43. The summed E-state index contributed by atoms with van der Waals surface area (Å²) in [6, 6.07) is 9.92. The second-order valence-electron chi connectivity index (χ2n) is 6.43. The number of hydrogen-bond acceptors (Lipinski definition) is 3. The van der Waals surface area contributed by atoms with Crippen LogP contribution in [0.2, 0.25) is 0 Å². The molecule has 0 spiro atoms. The normalized spacial score (nSPS) is 21.2. The third-order valence-corrected chi connectivity index (χ3v) is 4.36. The molecule has 1 fully saturated rings. The lowest BCUT2D eigenvalue weighted by Gasteiger charge is -2.37. The molecule has 1 amide bonds. The van der Waals surface area contributed by atoms with Crippen molar-refractivity contribution < 1.29 is 19.4 Å². The van der Waals surface area contributed by atoms with Crippen LogP contribution < -0.4 is 0 Å². The zero-order chi connectivity index (χ0) is 16.7. The van der Waals surface area contributed by atoms with Crippen LogP contribution >= 0.6 is 0 Å². The molecule has 0 radical (unpaired) electrons. The maximum atomic E-state index is 12.2. The molecule has 0 aliphatic carbocycles. The Bertz CT molecular complexity index is 531. The van der Waals surface area contributed by atoms with E-state index in [1.54, 1.807) is 11.8 Å². The van der Waals surface area contributed by atoms with E-state index >= 15 is 0 Å². The lowest BCUT2D eigenvalue weighted by Crippen LogP contribution is -2.48. The van der Waals surface area contributed by atoms with E-state index in [4.69, 9.17) is 4.74 Å². The van der Waals surface area contributed by atoms with Gasteiger partial charge in [0.2, 0.25) is 5.91 Å². The van der Waals surface area contributed by atoms with Crippen molar-refractivity contribution in [1.29, 1.82) is 0 Å². The summed E-state index contributed by atoms with van der Waals surface area (Å²) in [6.07, 6.45) is 2.45. The van der Waals surface area contributed by atoms with Gasteiger partial charge in [-0.15, -0.1) is 0 Å². The number of hydrogen-bond donors (Lipinski definition) is 1. The number of aliphatic carboxylic acids is 1. The molecule has 0 saturated carbocycles. The molecule has 1 atom stereocenters. The fraction of sp³-hybridized carbons (Fsp3) is 0.556. The minimum atomic E-state index is -0.818. The first-order valence-electron chi connectivity index (χ1n) is 8.14. The molecule has 1 saturated heterocycles. The Balaban J connectivity index is 1.67. The van der Waals surface area contributed by atoms with Crippen LogP contribution in [0.15, 0.2) is 30.3 Å². The van der Waals surface area contributed by atoms with Crippen LogP contribution in [0.4, 0.5) is 0 Å². The van der Waals surface area contributed by atoms with Gasteiger partial charge in [-0.2, -0.15) is 0 Å². The Kier molecular flexibility index (Phi) is 6.16. The topological polar surface area (TPSA) is 66.8 Å². The second kappa shape index (κ2) is 8.11. The van der Waals surface area contributed by atoms with Crippen LogP contribution in [-0.4, -0.2) is 41.6 Å². The van der Waals surface area contributed by atoms with Gasteiger partial charge < -0.3 is 14.7 Å². The first kappa shape index (κ1) is 17.5. The van der Waals surface area contributed by atoms with Crippen LogP contribution in [0.3, 0.4) is 0 Å². The monoisotopic (exact) mass is 319 g/mol.